The molecule has 1 unspecified atom stereocenters. The Morgan fingerprint density at radius 2 is 2.07 bits per heavy atom. The lowest BCUT2D eigenvalue weighted by Crippen LogP contribution is -2.25. The average molecular weight is 192 g/mol. The Morgan fingerprint density at radius 1 is 1.36 bits per heavy atom. The summed E-state index contributed by atoms with van der Waals surface area (Å²) in [5.41, 5.74) is 8.36. The molecule has 2 nitrogen and oxygen atoms in total. The van der Waals surface area contributed by atoms with E-state index in [1.54, 1.807) is 0 Å². The number of hydrogen-bond donors (Lipinski definition) is 2. The summed E-state index contributed by atoms with van der Waals surface area (Å²) in [6.07, 6.45) is 2.38. The number of fused-ring (bicyclic) bond motifs is 1. The molecule has 0 aliphatic heterocycles. The topological polar surface area (TPSA) is 38.0 Å². The zero-order chi connectivity index (χ0) is 10.4. The molecule has 14 heavy (non-hydrogen) atoms. The van der Waals surface area contributed by atoms with Crippen LogP contribution < -0.4 is 11.1 Å². The Kier molecular flexibility index (Phi) is 4.63. The minimum atomic E-state index is 0.492. The van der Waals surface area contributed by atoms with Gasteiger partial charge in [0, 0.05) is 12.7 Å². The van der Waals surface area contributed by atoms with Crippen molar-refractivity contribution in [2.45, 2.75) is 32.7 Å². The van der Waals surface area contributed by atoms with Crippen molar-refractivity contribution in [2.24, 2.45) is 5.73 Å². The van der Waals surface area contributed by atoms with E-state index in [0.717, 1.165) is 0 Å². The van der Waals surface area contributed by atoms with Crippen molar-refractivity contribution in [1.29, 1.82) is 0 Å². The van der Waals surface area contributed by atoms with E-state index < -0.39 is 0 Å². The predicted molar refractivity (Wildman–Crippen MR) is 61.0 cm³/mol. The Bertz CT molecular complexity index is 269. The van der Waals surface area contributed by atoms with E-state index in [1.807, 2.05) is 13.8 Å². The molecule has 0 aromatic heterocycles. The van der Waals surface area contributed by atoms with Gasteiger partial charge < -0.3 is 5.73 Å². The smallest absolute Gasteiger partial charge is 0.0433 e. The van der Waals surface area contributed by atoms with E-state index in [1.165, 1.54) is 24.0 Å². The van der Waals surface area contributed by atoms with Gasteiger partial charge in [0.1, 0.15) is 0 Å². The van der Waals surface area contributed by atoms with Crippen LogP contribution in [-0.4, -0.2) is 6.67 Å². The van der Waals surface area contributed by atoms with E-state index in [2.05, 4.69) is 29.6 Å². The summed E-state index contributed by atoms with van der Waals surface area (Å²) in [6.45, 7) is 4.57. The zero-order valence-corrected chi connectivity index (χ0v) is 9.09. The minimum Gasteiger partial charge on any atom is -0.318 e. The molecular weight excluding hydrogens is 172 g/mol. The second-order valence-corrected chi connectivity index (χ2v) is 3.20. The number of aryl methyl sites for hydroxylation is 1. The molecule has 2 rings (SSSR count). The quantitative estimate of drug-likeness (QED) is 0.705. The lowest BCUT2D eigenvalue weighted by atomic mass is 10.1. The predicted octanol–water partition coefficient (Wildman–Crippen LogP) is 2.21. The van der Waals surface area contributed by atoms with Crippen LogP contribution in [-0.2, 0) is 6.42 Å². The van der Waals surface area contributed by atoms with Crippen molar-refractivity contribution in [3.05, 3.63) is 35.4 Å². The largest absolute Gasteiger partial charge is 0.318 e. The van der Waals surface area contributed by atoms with Crippen LogP contribution in [0.4, 0.5) is 0 Å². The highest BCUT2D eigenvalue weighted by molar-refractivity contribution is 5.34. The standard InChI is InChI=1S/C10H14N2.C2H6/c11-7-12-10-6-5-8-3-1-2-4-9(8)10;1-2/h1-4,10,12H,5-7,11H2;1-2H3. The fourth-order valence-electron chi connectivity index (χ4n) is 1.91. The highest BCUT2D eigenvalue weighted by Gasteiger charge is 2.20. The SMILES string of the molecule is CC.NCNC1CCc2ccccc21. The van der Waals surface area contributed by atoms with Crippen LogP contribution in [0.1, 0.15) is 37.4 Å². The molecule has 1 aromatic rings. The summed E-state index contributed by atoms with van der Waals surface area (Å²) in [5.74, 6) is 0. The average Bonchev–Trinajstić information content (AvgIpc) is 2.66. The molecule has 3 N–H and O–H groups in total. The first-order valence-corrected chi connectivity index (χ1v) is 5.43. The monoisotopic (exact) mass is 192 g/mol. The Hall–Kier alpha value is -0.860. The zero-order valence-electron chi connectivity index (χ0n) is 9.09. The lowest BCUT2D eigenvalue weighted by molar-refractivity contribution is 0.541. The molecule has 1 aliphatic carbocycles. The van der Waals surface area contributed by atoms with E-state index >= 15 is 0 Å². The minimum absolute atomic E-state index is 0.492. The number of hydrogen-bond acceptors (Lipinski definition) is 2. The third-order valence-electron chi connectivity index (χ3n) is 2.50. The molecule has 0 fully saturated rings. The normalized spacial score (nSPS) is 18.4. The van der Waals surface area contributed by atoms with E-state index in [4.69, 9.17) is 5.73 Å². The van der Waals surface area contributed by atoms with Gasteiger partial charge in [0.15, 0.2) is 0 Å². The third-order valence-corrected chi connectivity index (χ3v) is 2.50. The number of nitrogens with one attached hydrogen (secondary N) is 1. The van der Waals surface area contributed by atoms with Gasteiger partial charge in [-0.05, 0) is 24.0 Å². The molecule has 0 heterocycles. The molecular formula is C12H20N2. The third kappa shape index (κ3) is 2.34. The maximum absolute atomic E-state index is 5.45. The van der Waals surface area contributed by atoms with Crippen LogP contribution in [0.15, 0.2) is 24.3 Å². The fraction of sp³-hybridized carbons (Fsp3) is 0.500. The second-order valence-electron chi connectivity index (χ2n) is 3.20. The molecule has 0 saturated heterocycles. The molecule has 0 radical (unpaired) electrons. The van der Waals surface area contributed by atoms with Gasteiger partial charge in [-0.15, -0.1) is 0 Å². The van der Waals surface area contributed by atoms with Gasteiger partial charge in [0.25, 0.3) is 0 Å². The van der Waals surface area contributed by atoms with E-state index in [0.29, 0.717) is 12.7 Å². The van der Waals surface area contributed by atoms with Gasteiger partial charge in [0.05, 0.1) is 0 Å². The van der Waals surface area contributed by atoms with Crippen molar-refractivity contribution in [1.82, 2.24) is 5.32 Å². The summed E-state index contributed by atoms with van der Waals surface area (Å²) < 4.78 is 0. The summed E-state index contributed by atoms with van der Waals surface area (Å²) in [4.78, 5) is 0. The number of rotatable bonds is 2. The summed E-state index contributed by atoms with van der Waals surface area (Å²) in [5, 5.41) is 3.28. The maximum Gasteiger partial charge on any atom is 0.0433 e. The molecule has 2 heteroatoms. The van der Waals surface area contributed by atoms with Crippen molar-refractivity contribution < 1.29 is 0 Å². The molecule has 0 amide bonds. The molecule has 0 saturated carbocycles. The summed E-state index contributed by atoms with van der Waals surface area (Å²) >= 11 is 0. The van der Waals surface area contributed by atoms with Crippen LogP contribution >= 0.6 is 0 Å². The van der Waals surface area contributed by atoms with Gasteiger partial charge >= 0.3 is 0 Å². The van der Waals surface area contributed by atoms with Crippen LogP contribution in [0.25, 0.3) is 0 Å². The Balaban J connectivity index is 0.000000461. The molecule has 1 aliphatic rings. The first-order valence-electron chi connectivity index (χ1n) is 5.43. The number of benzene rings is 1. The van der Waals surface area contributed by atoms with Crippen LogP contribution in [0.5, 0.6) is 0 Å². The molecule has 0 bridgehead atoms. The molecule has 78 valence electrons. The lowest BCUT2D eigenvalue weighted by Gasteiger charge is -2.11. The van der Waals surface area contributed by atoms with Crippen LogP contribution in [0, 0.1) is 0 Å². The Morgan fingerprint density at radius 3 is 2.79 bits per heavy atom. The van der Waals surface area contributed by atoms with Crippen molar-refractivity contribution in [2.75, 3.05) is 6.67 Å². The molecule has 1 atom stereocenters. The van der Waals surface area contributed by atoms with Gasteiger partial charge in [0.2, 0.25) is 0 Å². The highest BCUT2D eigenvalue weighted by Crippen LogP contribution is 2.30. The summed E-state index contributed by atoms with van der Waals surface area (Å²) in [7, 11) is 0. The maximum atomic E-state index is 5.45. The van der Waals surface area contributed by atoms with Gasteiger partial charge in [-0.2, -0.15) is 0 Å². The number of nitrogens with two attached hydrogens (primary N) is 1. The Labute approximate surface area is 86.5 Å². The molecule has 1 aromatic carbocycles. The fourth-order valence-corrected chi connectivity index (χ4v) is 1.91. The van der Waals surface area contributed by atoms with Gasteiger partial charge in [-0.3, -0.25) is 5.32 Å². The first kappa shape index (κ1) is 11.2. The van der Waals surface area contributed by atoms with Crippen molar-refractivity contribution in [3.8, 4) is 0 Å². The van der Waals surface area contributed by atoms with Crippen molar-refractivity contribution >= 4 is 0 Å². The van der Waals surface area contributed by atoms with Crippen LogP contribution in [0.3, 0.4) is 0 Å². The molecule has 0 spiro atoms. The van der Waals surface area contributed by atoms with Gasteiger partial charge in [-0.25, -0.2) is 0 Å². The van der Waals surface area contributed by atoms with Crippen molar-refractivity contribution in [3.63, 3.8) is 0 Å². The van der Waals surface area contributed by atoms with Crippen LogP contribution in [0.2, 0.25) is 0 Å². The summed E-state index contributed by atoms with van der Waals surface area (Å²) in [6, 6.07) is 9.08. The highest BCUT2D eigenvalue weighted by atomic mass is 15.0. The van der Waals surface area contributed by atoms with Gasteiger partial charge in [-0.1, -0.05) is 38.1 Å². The van der Waals surface area contributed by atoms with E-state index in [-0.39, 0.29) is 0 Å². The first-order chi connectivity index (χ1) is 6.92. The van der Waals surface area contributed by atoms with E-state index in [9.17, 15) is 0 Å². The second kappa shape index (κ2) is 5.78.